The predicted octanol–water partition coefficient (Wildman–Crippen LogP) is 2.16. The zero-order valence-corrected chi connectivity index (χ0v) is 14.5. The van der Waals surface area contributed by atoms with Gasteiger partial charge in [0.2, 0.25) is 5.91 Å². The van der Waals surface area contributed by atoms with Gasteiger partial charge in [-0.15, -0.1) is 12.4 Å². The van der Waals surface area contributed by atoms with Crippen molar-refractivity contribution in [1.29, 1.82) is 0 Å². The number of aryl methyl sites for hydroxylation is 1. The maximum Gasteiger partial charge on any atom is 0.236 e. The molecule has 0 heterocycles. The molecule has 6 heteroatoms. The molecule has 0 unspecified atom stereocenters. The van der Waals surface area contributed by atoms with Gasteiger partial charge in [-0.3, -0.25) is 4.79 Å². The molecule has 1 aromatic carbocycles. The summed E-state index contributed by atoms with van der Waals surface area (Å²) in [6.07, 6.45) is 3.46. The van der Waals surface area contributed by atoms with E-state index in [0.29, 0.717) is 13.0 Å². The van der Waals surface area contributed by atoms with Crippen molar-refractivity contribution in [3.8, 4) is 5.75 Å². The lowest BCUT2D eigenvalue weighted by molar-refractivity contribution is -0.122. The highest BCUT2D eigenvalue weighted by Crippen LogP contribution is 2.19. The molecule has 0 aliphatic carbocycles. The molecule has 0 aliphatic rings. The van der Waals surface area contributed by atoms with Crippen LogP contribution in [-0.2, 0) is 11.2 Å². The lowest BCUT2D eigenvalue weighted by Crippen LogP contribution is -2.41. The zero-order chi connectivity index (χ0) is 15.0. The molecule has 0 aromatic heterocycles. The zero-order valence-electron chi connectivity index (χ0n) is 12.8. The second kappa shape index (κ2) is 10.8. The normalized spacial score (nSPS) is 11.4. The summed E-state index contributed by atoms with van der Waals surface area (Å²) in [6.45, 7) is 2.62. The number of amides is 1. The lowest BCUT2D eigenvalue weighted by atomic mass is 10.1. The molecule has 0 saturated heterocycles. The first-order valence-corrected chi connectivity index (χ1v) is 8.13. The van der Waals surface area contributed by atoms with Gasteiger partial charge in [0.05, 0.1) is 13.2 Å². The second-order valence-electron chi connectivity index (χ2n) is 4.74. The van der Waals surface area contributed by atoms with Gasteiger partial charge in [-0.1, -0.05) is 17.7 Å². The molecule has 120 valence electrons. The largest absolute Gasteiger partial charge is 0.496 e. The van der Waals surface area contributed by atoms with Gasteiger partial charge in [-0.05, 0) is 43.4 Å². The van der Waals surface area contributed by atoms with E-state index < -0.39 is 6.04 Å². The van der Waals surface area contributed by atoms with Crippen LogP contribution in [0.2, 0.25) is 0 Å². The van der Waals surface area contributed by atoms with Crippen LogP contribution in [-0.4, -0.2) is 37.6 Å². The van der Waals surface area contributed by atoms with Gasteiger partial charge in [0.15, 0.2) is 0 Å². The van der Waals surface area contributed by atoms with Crippen LogP contribution in [0, 0.1) is 6.92 Å². The fourth-order valence-corrected chi connectivity index (χ4v) is 2.42. The molecule has 1 atom stereocenters. The molecule has 4 nitrogen and oxygen atoms in total. The monoisotopic (exact) mass is 332 g/mol. The van der Waals surface area contributed by atoms with Crippen molar-refractivity contribution in [3.63, 3.8) is 0 Å². The maximum absolute atomic E-state index is 11.8. The Labute approximate surface area is 137 Å². The molecule has 0 radical (unpaired) electrons. The molecule has 0 saturated carbocycles. The first-order chi connectivity index (χ1) is 9.58. The Morgan fingerprint density at radius 1 is 1.48 bits per heavy atom. The fourth-order valence-electron chi connectivity index (χ4n) is 1.93. The predicted molar refractivity (Wildman–Crippen MR) is 92.7 cm³/mol. The van der Waals surface area contributed by atoms with Crippen LogP contribution >= 0.6 is 24.2 Å². The molecular weight excluding hydrogens is 308 g/mol. The smallest absolute Gasteiger partial charge is 0.236 e. The van der Waals surface area contributed by atoms with Crippen LogP contribution in [0.25, 0.3) is 0 Å². The molecule has 0 fully saturated rings. The number of rotatable bonds is 8. The quantitative estimate of drug-likeness (QED) is 0.765. The first kappa shape index (κ1) is 20.1. The SMILES string of the molecule is COc1ccc(C)cc1CCNC(=O)[C@@H](N)CCSC.Cl. The number of hydrogen-bond acceptors (Lipinski definition) is 4. The molecule has 0 bridgehead atoms. The number of benzene rings is 1. The second-order valence-corrected chi connectivity index (χ2v) is 5.73. The number of halogens is 1. The number of ether oxygens (including phenoxy) is 1. The number of carbonyl (C=O) groups excluding carboxylic acids is 1. The Kier molecular flexibility index (Phi) is 10.3. The third-order valence-corrected chi connectivity index (χ3v) is 3.74. The maximum atomic E-state index is 11.8. The van der Waals surface area contributed by atoms with E-state index >= 15 is 0 Å². The summed E-state index contributed by atoms with van der Waals surface area (Å²) in [7, 11) is 1.66. The minimum absolute atomic E-state index is 0. The first-order valence-electron chi connectivity index (χ1n) is 6.74. The van der Waals surface area contributed by atoms with Gasteiger partial charge in [-0.25, -0.2) is 0 Å². The molecule has 1 amide bonds. The van der Waals surface area contributed by atoms with E-state index in [2.05, 4.69) is 11.4 Å². The third kappa shape index (κ3) is 7.07. The van der Waals surface area contributed by atoms with Crippen molar-refractivity contribution < 1.29 is 9.53 Å². The molecule has 0 aliphatic heterocycles. The summed E-state index contributed by atoms with van der Waals surface area (Å²) < 4.78 is 5.32. The molecule has 1 aromatic rings. The van der Waals surface area contributed by atoms with Crippen molar-refractivity contribution in [2.45, 2.75) is 25.8 Å². The van der Waals surface area contributed by atoms with E-state index in [1.54, 1.807) is 18.9 Å². The van der Waals surface area contributed by atoms with E-state index in [9.17, 15) is 4.79 Å². The Bertz CT molecular complexity index is 444. The summed E-state index contributed by atoms with van der Waals surface area (Å²) in [5, 5.41) is 2.88. The van der Waals surface area contributed by atoms with Gasteiger partial charge in [0, 0.05) is 6.54 Å². The van der Waals surface area contributed by atoms with E-state index in [-0.39, 0.29) is 18.3 Å². The molecule has 1 rings (SSSR count). The topological polar surface area (TPSA) is 64.3 Å². The third-order valence-electron chi connectivity index (χ3n) is 3.10. The van der Waals surface area contributed by atoms with Crippen LogP contribution < -0.4 is 15.8 Å². The molecule has 3 N–H and O–H groups in total. The van der Waals surface area contributed by atoms with Gasteiger partial charge < -0.3 is 15.8 Å². The summed E-state index contributed by atoms with van der Waals surface area (Å²) in [5.41, 5.74) is 8.10. The molecule has 21 heavy (non-hydrogen) atoms. The van der Waals surface area contributed by atoms with E-state index in [1.165, 1.54) is 5.56 Å². The number of carbonyl (C=O) groups is 1. The summed E-state index contributed by atoms with van der Waals surface area (Å²) in [5.74, 6) is 1.68. The number of methoxy groups -OCH3 is 1. The van der Waals surface area contributed by atoms with Crippen LogP contribution in [0.1, 0.15) is 17.5 Å². The highest BCUT2D eigenvalue weighted by Gasteiger charge is 2.12. The van der Waals surface area contributed by atoms with Crippen molar-refractivity contribution in [3.05, 3.63) is 29.3 Å². The highest BCUT2D eigenvalue weighted by molar-refractivity contribution is 7.98. The number of hydrogen-bond donors (Lipinski definition) is 2. The van der Waals surface area contributed by atoms with Gasteiger partial charge in [0.1, 0.15) is 5.75 Å². The summed E-state index contributed by atoms with van der Waals surface area (Å²) >= 11 is 1.70. The minimum Gasteiger partial charge on any atom is -0.496 e. The van der Waals surface area contributed by atoms with Gasteiger partial charge in [-0.2, -0.15) is 11.8 Å². The highest BCUT2D eigenvalue weighted by atomic mass is 35.5. The Morgan fingerprint density at radius 3 is 2.81 bits per heavy atom. The van der Waals surface area contributed by atoms with Crippen LogP contribution in [0.15, 0.2) is 18.2 Å². The average Bonchev–Trinajstić information content (AvgIpc) is 2.44. The molecular formula is C15H25ClN2O2S. The number of nitrogens with two attached hydrogens (primary N) is 1. The lowest BCUT2D eigenvalue weighted by Gasteiger charge is -2.13. The van der Waals surface area contributed by atoms with Crippen LogP contribution in [0.4, 0.5) is 0 Å². The van der Waals surface area contributed by atoms with E-state index in [4.69, 9.17) is 10.5 Å². The van der Waals surface area contributed by atoms with E-state index in [0.717, 1.165) is 23.5 Å². The fraction of sp³-hybridized carbons (Fsp3) is 0.533. The number of thioether (sulfide) groups is 1. The van der Waals surface area contributed by atoms with E-state index in [1.807, 2.05) is 25.3 Å². The molecule has 0 spiro atoms. The van der Waals surface area contributed by atoms with Gasteiger partial charge in [0.25, 0.3) is 0 Å². The Balaban J connectivity index is 0.00000400. The Morgan fingerprint density at radius 2 is 2.19 bits per heavy atom. The summed E-state index contributed by atoms with van der Waals surface area (Å²) in [4.78, 5) is 11.8. The Hall–Kier alpha value is -0.910. The summed E-state index contributed by atoms with van der Waals surface area (Å²) in [6, 6.07) is 5.64. The van der Waals surface area contributed by atoms with Gasteiger partial charge >= 0.3 is 0 Å². The van der Waals surface area contributed by atoms with Crippen molar-refractivity contribution in [1.82, 2.24) is 5.32 Å². The standard InChI is InChI=1S/C15H24N2O2S.ClH/c1-11-4-5-14(19-2)12(10-11)6-8-17-15(18)13(16)7-9-20-3;/h4-5,10,13H,6-9,16H2,1-3H3,(H,17,18);1H/t13-;/m0./s1. The van der Waals surface area contributed by atoms with Crippen LogP contribution in [0.3, 0.4) is 0 Å². The van der Waals surface area contributed by atoms with Crippen molar-refractivity contribution in [2.75, 3.05) is 25.7 Å². The minimum atomic E-state index is -0.415. The number of nitrogens with one attached hydrogen (secondary N) is 1. The average molecular weight is 333 g/mol. The van der Waals surface area contributed by atoms with Crippen LogP contribution in [0.5, 0.6) is 5.75 Å². The van der Waals surface area contributed by atoms with Crippen molar-refractivity contribution in [2.24, 2.45) is 5.73 Å². The van der Waals surface area contributed by atoms with Crippen molar-refractivity contribution >= 4 is 30.1 Å².